The number of fused-ring (bicyclic) bond motifs is 4. The molecule has 1 aromatic carbocycles. The van der Waals surface area contributed by atoms with Gasteiger partial charge in [-0.3, -0.25) is 14.8 Å². The fourth-order valence-electron chi connectivity index (χ4n) is 3.93. The molecule has 6 rings (SSSR count). The van der Waals surface area contributed by atoms with E-state index in [4.69, 9.17) is 9.84 Å². The van der Waals surface area contributed by atoms with Gasteiger partial charge in [0.1, 0.15) is 11.1 Å². The second-order valence-corrected chi connectivity index (χ2v) is 8.56. The van der Waals surface area contributed by atoms with Crippen LogP contribution in [0.4, 0.5) is 0 Å². The summed E-state index contributed by atoms with van der Waals surface area (Å²) in [6.45, 7) is 5.93. The molecule has 3 saturated heterocycles. The van der Waals surface area contributed by atoms with Gasteiger partial charge >= 0.3 is 5.97 Å². The number of aryl methyl sites for hydroxylation is 1. The van der Waals surface area contributed by atoms with E-state index in [1.807, 2.05) is 19.1 Å². The highest BCUT2D eigenvalue weighted by atomic mass is 32.1. The lowest BCUT2D eigenvalue weighted by atomic mass is 9.86. The van der Waals surface area contributed by atoms with Crippen molar-refractivity contribution in [3.05, 3.63) is 35.0 Å². The summed E-state index contributed by atoms with van der Waals surface area (Å²) >= 11 is 1.58. The molecule has 0 unspecified atom stereocenters. The lowest BCUT2D eigenvalue weighted by Crippen LogP contribution is -2.51. The Balaban J connectivity index is 0.000000159. The van der Waals surface area contributed by atoms with Crippen molar-refractivity contribution in [2.75, 3.05) is 19.6 Å². The third-order valence-electron chi connectivity index (χ3n) is 5.46. The van der Waals surface area contributed by atoms with Gasteiger partial charge in [0.15, 0.2) is 5.69 Å². The van der Waals surface area contributed by atoms with E-state index < -0.39 is 5.97 Å². The van der Waals surface area contributed by atoms with Crippen molar-refractivity contribution in [2.45, 2.75) is 25.9 Å². The summed E-state index contributed by atoms with van der Waals surface area (Å²) in [5.74, 6) is -0.390. The van der Waals surface area contributed by atoms with Crippen LogP contribution in [0.15, 0.2) is 24.4 Å². The lowest BCUT2D eigenvalue weighted by Gasteiger charge is -2.43. The number of aromatic carboxylic acids is 1. The minimum atomic E-state index is -1.03. The predicted octanol–water partition coefficient (Wildman–Crippen LogP) is 2.95. The Labute approximate surface area is 171 Å². The van der Waals surface area contributed by atoms with Gasteiger partial charge in [-0.25, -0.2) is 9.78 Å². The molecular weight excluding hydrogens is 392 g/mol. The number of carbonyl (C=O) groups is 2. The number of thiazole rings is 1. The van der Waals surface area contributed by atoms with Crippen LogP contribution in [0, 0.1) is 12.8 Å². The van der Waals surface area contributed by atoms with Crippen LogP contribution in [0.2, 0.25) is 0 Å². The number of aromatic nitrogens is 3. The molecule has 9 heteroatoms. The third-order valence-corrected chi connectivity index (χ3v) is 6.42. The molecule has 5 heterocycles. The molecule has 0 saturated carbocycles. The predicted molar refractivity (Wildman–Crippen MR) is 109 cm³/mol. The van der Waals surface area contributed by atoms with Gasteiger partial charge in [0.2, 0.25) is 0 Å². The van der Waals surface area contributed by atoms with Gasteiger partial charge in [-0.1, -0.05) is 0 Å². The molecule has 2 bridgehead atoms. The lowest BCUT2D eigenvalue weighted by molar-refractivity contribution is -0.143. The molecule has 0 radical (unpaired) electrons. The first-order chi connectivity index (χ1) is 14.0. The molecule has 29 heavy (non-hydrogen) atoms. The summed E-state index contributed by atoms with van der Waals surface area (Å²) in [4.78, 5) is 28.9. The summed E-state index contributed by atoms with van der Waals surface area (Å²) in [6, 6.07) is 5.53. The van der Waals surface area contributed by atoms with Crippen molar-refractivity contribution < 1.29 is 19.4 Å². The Bertz CT molecular complexity index is 1020. The van der Waals surface area contributed by atoms with Crippen LogP contribution in [-0.4, -0.2) is 63.4 Å². The number of carboxylic acid groups (broad SMARTS) is 1. The van der Waals surface area contributed by atoms with Crippen LogP contribution in [0.3, 0.4) is 0 Å². The summed E-state index contributed by atoms with van der Waals surface area (Å²) in [7, 11) is 0. The van der Waals surface area contributed by atoms with E-state index in [0.717, 1.165) is 22.0 Å². The maximum Gasteiger partial charge on any atom is 0.357 e. The Morgan fingerprint density at radius 1 is 1.38 bits per heavy atom. The van der Waals surface area contributed by atoms with Gasteiger partial charge in [0, 0.05) is 28.6 Å². The van der Waals surface area contributed by atoms with Gasteiger partial charge < -0.3 is 9.84 Å². The molecule has 3 aliphatic heterocycles. The van der Waals surface area contributed by atoms with E-state index in [1.54, 1.807) is 23.6 Å². The number of hydrogen-bond donors (Lipinski definition) is 2. The maximum atomic E-state index is 11.0. The number of hydrogen-bond acceptors (Lipinski definition) is 7. The number of benzene rings is 1. The number of nitrogens with zero attached hydrogens (tertiary/aromatic N) is 3. The van der Waals surface area contributed by atoms with Crippen LogP contribution < -0.4 is 0 Å². The largest absolute Gasteiger partial charge is 0.476 e. The smallest absolute Gasteiger partial charge is 0.357 e. The Kier molecular flexibility index (Phi) is 5.59. The zero-order valence-corrected chi connectivity index (χ0v) is 16.8. The molecule has 3 aromatic rings. The molecule has 8 nitrogen and oxygen atoms in total. The highest BCUT2D eigenvalue weighted by molar-refractivity contribution is 7.14. The number of H-pyrrole nitrogens is 1. The van der Waals surface area contributed by atoms with Gasteiger partial charge in [0.05, 0.1) is 5.52 Å². The molecule has 2 N–H and O–H groups in total. The van der Waals surface area contributed by atoms with E-state index in [-0.39, 0.29) is 11.8 Å². The maximum absolute atomic E-state index is 11.0. The van der Waals surface area contributed by atoms with E-state index in [0.29, 0.717) is 23.3 Å². The van der Waals surface area contributed by atoms with Crippen LogP contribution in [0.5, 0.6) is 0 Å². The Hall–Kier alpha value is -2.78. The summed E-state index contributed by atoms with van der Waals surface area (Å²) < 4.78 is 4.99. The molecular formula is C20H22N4O4S. The fraction of sp³-hybridized carbons (Fsp3) is 0.400. The number of rotatable bonds is 4. The highest BCUT2D eigenvalue weighted by Crippen LogP contribution is 2.29. The minimum Gasteiger partial charge on any atom is -0.476 e. The first kappa shape index (κ1) is 19.5. The molecule has 2 aromatic heterocycles. The van der Waals surface area contributed by atoms with Crippen LogP contribution in [0.25, 0.3) is 21.5 Å². The van der Waals surface area contributed by atoms with Crippen LogP contribution >= 0.6 is 11.3 Å². The SMILES string of the molecule is Cc1cnc(-c2ccc3[nH]nc(C(=O)O)c3c2)s1.O=CO[C@H]1CN2CCC1CC2. The van der Waals surface area contributed by atoms with Crippen LogP contribution in [-0.2, 0) is 9.53 Å². The number of carboxylic acids is 1. The Morgan fingerprint density at radius 2 is 2.17 bits per heavy atom. The topological polar surface area (TPSA) is 108 Å². The highest BCUT2D eigenvalue weighted by Gasteiger charge is 2.35. The monoisotopic (exact) mass is 414 g/mol. The first-order valence-electron chi connectivity index (χ1n) is 9.51. The fourth-order valence-corrected chi connectivity index (χ4v) is 4.70. The second-order valence-electron chi connectivity index (χ2n) is 7.32. The number of carbonyl (C=O) groups excluding carboxylic acids is 1. The molecule has 3 fully saturated rings. The first-order valence-corrected chi connectivity index (χ1v) is 10.3. The number of nitrogens with one attached hydrogen (secondary N) is 1. The quantitative estimate of drug-likeness (QED) is 0.632. The van der Waals surface area contributed by atoms with Crippen molar-refractivity contribution in [1.29, 1.82) is 0 Å². The van der Waals surface area contributed by atoms with E-state index in [9.17, 15) is 9.59 Å². The molecule has 0 spiro atoms. The van der Waals surface area contributed by atoms with E-state index >= 15 is 0 Å². The normalized spacial score (nSPS) is 22.7. The third kappa shape index (κ3) is 4.15. The van der Waals surface area contributed by atoms with Gasteiger partial charge in [-0.2, -0.15) is 5.10 Å². The number of piperidine rings is 3. The standard InChI is InChI=1S/C12H9N3O2S.C8H13NO2/c1-6-5-13-11(18-6)7-2-3-9-8(4-7)10(12(16)17)15-14-9;10-6-11-8-5-9-3-1-7(8)2-4-9/h2-5H,1H3,(H,14,15)(H,16,17);6-8H,1-5H2/t;8-/m.0/s1. The van der Waals surface area contributed by atoms with Gasteiger partial charge in [-0.15, -0.1) is 11.3 Å². The summed E-state index contributed by atoms with van der Waals surface area (Å²) in [5.41, 5.74) is 1.66. The molecule has 3 aliphatic rings. The van der Waals surface area contributed by atoms with E-state index in [1.165, 1.54) is 25.9 Å². The van der Waals surface area contributed by atoms with Crippen molar-refractivity contribution in [1.82, 2.24) is 20.1 Å². The summed E-state index contributed by atoms with van der Waals surface area (Å²) in [6.07, 6.45) is 4.41. The molecule has 1 atom stereocenters. The van der Waals surface area contributed by atoms with Gasteiger partial charge in [0.25, 0.3) is 6.47 Å². The molecule has 152 valence electrons. The van der Waals surface area contributed by atoms with Crippen molar-refractivity contribution in [3.63, 3.8) is 0 Å². The average molecular weight is 414 g/mol. The van der Waals surface area contributed by atoms with Crippen molar-refractivity contribution >= 4 is 34.7 Å². The zero-order valence-electron chi connectivity index (χ0n) is 16.0. The van der Waals surface area contributed by atoms with Crippen molar-refractivity contribution in [2.24, 2.45) is 5.92 Å². The number of ether oxygens (including phenoxy) is 1. The zero-order chi connectivity index (χ0) is 20.4. The minimum absolute atomic E-state index is 0.0418. The average Bonchev–Trinajstić information content (AvgIpc) is 3.35. The Morgan fingerprint density at radius 3 is 2.76 bits per heavy atom. The molecule has 0 amide bonds. The number of aromatic amines is 1. The molecule has 0 aliphatic carbocycles. The van der Waals surface area contributed by atoms with Crippen molar-refractivity contribution in [3.8, 4) is 10.6 Å². The second kappa shape index (κ2) is 8.30. The van der Waals surface area contributed by atoms with Gasteiger partial charge in [-0.05, 0) is 57.0 Å². The summed E-state index contributed by atoms with van der Waals surface area (Å²) in [5, 5.41) is 17.0. The van der Waals surface area contributed by atoms with Crippen LogP contribution in [0.1, 0.15) is 28.2 Å². The van der Waals surface area contributed by atoms with E-state index in [2.05, 4.69) is 20.1 Å².